The zero-order chi connectivity index (χ0) is 18.8. The molecule has 0 radical (unpaired) electrons. The summed E-state index contributed by atoms with van der Waals surface area (Å²) >= 11 is 0. The molecule has 1 aliphatic rings. The summed E-state index contributed by atoms with van der Waals surface area (Å²) in [6, 6.07) is 20.7. The molecule has 0 fully saturated rings. The molecule has 2 N–H and O–H groups in total. The minimum Gasteiger partial charge on any atom is -0.478 e. The van der Waals surface area contributed by atoms with Crippen LogP contribution in [0.5, 0.6) is 0 Å². The molecular formula is C21H15FN2O3. The highest BCUT2D eigenvalue weighted by Gasteiger charge is 2.24. The Hall–Kier alpha value is -3.51. The van der Waals surface area contributed by atoms with E-state index in [1.54, 1.807) is 24.3 Å². The zero-order valence-electron chi connectivity index (χ0n) is 14.1. The van der Waals surface area contributed by atoms with Gasteiger partial charge in [-0.15, -0.1) is 5.48 Å². The molecule has 1 atom stereocenters. The van der Waals surface area contributed by atoms with Crippen LogP contribution >= 0.6 is 0 Å². The number of nitrogens with one attached hydrogen (secondary N) is 1. The van der Waals surface area contributed by atoms with Crippen LogP contribution in [0.15, 0.2) is 77.8 Å². The topological polar surface area (TPSA) is 70.9 Å². The Kier molecular flexibility index (Phi) is 4.40. The van der Waals surface area contributed by atoms with Crippen LogP contribution in [0.2, 0.25) is 0 Å². The summed E-state index contributed by atoms with van der Waals surface area (Å²) in [6.07, 6.45) is -0.604. The fourth-order valence-electron chi connectivity index (χ4n) is 2.89. The first-order valence-electron chi connectivity index (χ1n) is 8.30. The summed E-state index contributed by atoms with van der Waals surface area (Å²) < 4.78 is 14.6. The van der Waals surface area contributed by atoms with Crippen molar-refractivity contribution in [3.8, 4) is 11.1 Å². The number of carboxylic acid groups (broad SMARTS) is 1. The van der Waals surface area contributed by atoms with Crippen molar-refractivity contribution in [1.82, 2.24) is 5.48 Å². The first-order valence-corrected chi connectivity index (χ1v) is 8.30. The Balaban J connectivity index is 1.62. The Morgan fingerprint density at radius 3 is 2.56 bits per heavy atom. The van der Waals surface area contributed by atoms with Crippen molar-refractivity contribution in [3.05, 3.63) is 95.3 Å². The quantitative estimate of drug-likeness (QED) is 0.731. The molecule has 0 saturated carbocycles. The van der Waals surface area contributed by atoms with E-state index in [0.29, 0.717) is 5.56 Å². The fraction of sp³-hybridized carbons (Fsp3) is 0.0476. The van der Waals surface area contributed by atoms with Gasteiger partial charge in [0.1, 0.15) is 5.82 Å². The number of aliphatic imine (C=N–C) groups is 1. The molecule has 0 amide bonds. The van der Waals surface area contributed by atoms with Crippen LogP contribution in [-0.4, -0.2) is 17.0 Å². The summed E-state index contributed by atoms with van der Waals surface area (Å²) in [7, 11) is 0. The Morgan fingerprint density at radius 2 is 1.81 bits per heavy atom. The standard InChI is InChI=1S/C21H15FN2O3/c22-18-12-14(13-5-2-1-3-6-13)9-10-17(18)20-23-19(24-27-20)15-7-4-8-16(11-15)21(25)26/h1-12,19,24H,(H,25,26). The van der Waals surface area contributed by atoms with Crippen LogP contribution in [-0.2, 0) is 4.84 Å². The van der Waals surface area contributed by atoms with E-state index in [0.717, 1.165) is 11.1 Å². The molecule has 0 aliphatic carbocycles. The second kappa shape index (κ2) is 7.01. The predicted molar refractivity (Wildman–Crippen MR) is 98.7 cm³/mol. The van der Waals surface area contributed by atoms with E-state index in [9.17, 15) is 9.18 Å². The molecule has 27 heavy (non-hydrogen) atoms. The zero-order valence-corrected chi connectivity index (χ0v) is 14.1. The van der Waals surface area contributed by atoms with Crippen molar-refractivity contribution in [2.75, 3.05) is 0 Å². The van der Waals surface area contributed by atoms with Crippen LogP contribution in [0.3, 0.4) is 0 Å². The molecule has 3 aromatic rings. The van der Waals surface area contributed by atoms with Crippen molar-refractivity contribution in [2.45, 2.75) is 6.17 Å². The van der Waals surface area contributed by atoms with Crippen molar-refractivity contribution in [3.63, 3.8) is 0 Å². The average Bonchev–Trinajstić information content (AvgIpc) is 3.18. The molecule has 6 heteroatoms. The third kappa shape index (κ3) is 3.43. The van der Waals surface area contributed by atoms with Crippen molar-refractivity contribution in [1.29, 1.82) is 0 Å². The maximum absolute atomic E-state index is 14.6. The second-order valence-corrected chi connectivity index (χ2v) is 6.05. The number of halogens is 1. The molecule has 1 aliphatic heterocycles. The van der Waals surface area contributed by atoms with Gasteiger partial charge in [0.2, 0.25) is 5.90 Å². The van der Waals surface area contributed by atoms with E-state index >= 15 is 0 Å². The van der Waals surface area contributed by atoms with Gasteiger partial charge in [0.05, 0.1) is 11.1 Å². The van der Waals surface area contributed by atoms with Crippen LogP contribution in [0.25, 0.3) is 11.1 Å². The maximum atomic E-state index is 14.6. The molecule has 0 aromatic heterocycles. The summed E-state index contributed by atoms with van der Waals surface area (Å²) in [5, 5.41) is 9.10. The van der Waals surface area contributed by atoms with Gasteiger partial charge in [-0.2, -0.15) is 0 Å². The first-order chi connectivity index (χ1) is 13.1. The van der Waals surface area contributed by atoms with Gasteiger partial charge in [-0.05, 0) is 41.0 Å². The Labute approximate surface area is 154 Å². The van der Waals surface area contributed by atoms with E-state index in [4.69, 9.17) is 9.94 Å². The SMILES string of the molecule is O=C(O)c1cccc(C2N=C(c3ccc(-c4ccccc4)cc3F)ON2)c1. The highest BCUT2D eigenvalue weighted by molar-refractivity contribution is 5.95. The molecule has 3 aromatic carbocycles. The summed E-state index contributed by atoms with van der Waals surface area (Å²) in [4.78, 5) is 20.8. The lowest BCUT2D eigenvalue weighted by Crippen LogP contribution is -2.15. The molecule has 0 saturated heterocycles. The fourth-order valence-corrected chi connectivity index (χ4v) is 2.89. The van der Waals surface area contributed by atoms with Gasteiger partial charge in [0.15, 0.2) is 6.17 Å². The highest BCUT2D eigenvalue weighted by atomic mass is 19.1. The van der Waals surface area contributed by atoms with Gasteiger partial charge < -0.3 is 9.94 Å². The third-order valence-corrected chi connectivity index (χ3v) is 4.27. The smallest absolute Gasteiger partial charge is 0.335 e. The van der Waals surface area contributed by atoms with Crippen molar-refractivity contribution in [2.24, 2.45) is 4.99 Å². The van der Waals surface area contributed by atoms with E-state index < -0.39 is 18.0 Å². The normalized spacial score (nSPS) is 15.9. The lowest BCUT2D eigenvalue weighted by Gasteiger charge is -2.07. The number of hydrogen-bond donors (Lipinski definition) is 2. The van der Waals surface area contributed by atoms with E-state index in [1.807, 2.05) is 30.3 Å². The minimum absolute atomic E-state index is 0.123. The molecule has 1 unspecified atom stereocenters. The van der Waals surface area contributed by atoms with Gasteiger partial charge in [0, 0.05) is 0 Å². The minimum atomic E-state index is -1.03. The maximum Gasteiger partial charge on any atom is 0.335 e. The number of carboxylic acids is 1. The number of carbonyl (C=O) groups is 1. The van der Waals surface area contributed by atoms with Gasteiger partial charge in [-0.3, -0.25) is 0 Å². The van der Waals surface area contributed by atoms with Crippen LogP contribution in [0.4, 0.5) is 4.39 Å². The molecule has 0 spiro atoms. The van der Waals surface area contributed by atoms with E-state index in [1.165, 1.54) is 18.2 Å². The predicted octanol–water partition coefficient (Wildman–Crippen LogP) is 4.17. The second-order valence-electron chi connectivity index (χ2n) is 6.05. The number of hydrogen-bond acceptors (Lipinski definition) is 4. The molecule has 4 rings (SSSR count). The number of nitrogens with zero attached hydrogens (tertiary/aromatic N) is 1. The lowest BCUT2D eigenvalue weighted by molar-refractivity contribution is 0.0696. The van der Waals surface area contributed by atoms with Crippen LogP contribution in [0, 0.1) is 5.82 Å². The van der Waals surface area contributed by atoms with Crippen molar-refractivity contribution >= 4 is 11.9 Å². The number of hydroxylamine groups is 1. The van der Waals surface area contributed by atoms with Crippen molar-refractivity contribution < 1.29 is 19.1 Å². The third-order valence-electron chi connectivity index (χ3n) is 4.27. The average molecular weight is 362 g/mol. The highest BCUT2D eigenvalue weighted by Crippen LogP contribution is 2.26. The molecule has 0 bridgehead atoms. The van der Waals surface area contributed by atoms with Gasteiger partial charge >= 0.3 is 5.97 Å². The molecular weight excluding hydrogens is 347 g/mol. The van der Waals surface area contributed by atoms with Crippen LogP contribution in [0.1, 0.15) is 27.7 Å². The Morgan fingerprint density at radius 1 is 1.00 bits per heavy atom. The molecule has 1 heterocycles. The largest absolute Gasteiger partial charge is 0.478 e. The number of aromatic carboxylic acids is 1. The summed E-state index contributed by atoms with van der Waals surface area (Å²) in [6.45, 7) is 0. The van der Waals surface area contributed by atoms with E-state index in [2.05, 4.69) is 10.5 Å². The molecule has 134 valence electrons. The monoisotopic (exact) mass is 362 g/mol. The summed E-state index contributed by atoms with van der Waals surface area (Å²) in [5.74, 6) is -1.35. The van der Waals surface area contributed by atoms with Gasteiger partial charge in [-0.25, -0.2) is 14.2 Å². The number of benzene rings is 3. The lowest BCUT2D eigenvalue weighted by atomic mass is 10.0. The van der Waals surface area contributed by atoms with Gasteiger partial charge in [0.25, 0.3) is 0 Å². The van der Waals surface area contributed by atoms with Crippen LogP contribution < -0.4 is 5.48 Å². The van der Waals surface area contributed by atoms with E-state index in [-0.39, 0.29) is 17.0 Å². The first kappa shape index (κ1) is 16.9. The van der Waals surface area contributed by atoms with Gasteiger partial charge in [-0.1, -0.05) is 48.5 Å². The summed E-state index contributed by atoms with van der Waals surface area (Å²) in [5.41, 5.74) is 5.37. The number of rotatable bonds is 4. The molecule has 5 nitrogen and oxygen atoms in total. The Bertz CT molecular complexity index is 1030.